The molecular formula is C11H9Cl2N3O4S. The number of sulfonamides is 1. The number of aromatic amines is 1. The SMILES string of the molecule is Cc1[nH]ncc1S(=O)(=O)Nc1c(Cl)cc(Cl)cc1C(=O)O. The van der Waals surface area contributed by atoms with E-state index in [1.54, 1.807) is 0 Å². The first-order chi connectivity index (χ1) is 9.72. The van der Waals surface area contributed by atoms with E-state index in [9.17, 15) is 13.2 Å². The van der Waals surface area contributed by atoms with E-state index in [-0.39, 0.29) is 26.2 Å². The number of hydrogen-bond acceptors (Lipinski definition) is 4. The molecule has 0 radical (unpaired) electrons. The standard InChI is InChI=1S/C11H9Cl2N3O4S/c1-5-9(4-14-15-5)21(19,20)16-10-7(11(17)18)2-6(12)3-8(10)13/h2-4,16H,1H3,(H,14,15)(H,17,18). The van der Waals surface area contributed by atoms with Crippen molar-refractivity contribution in [2.75, 3.05) is 4.72 Å². The monoisotopic (exact) mass is 349 g/mol. The lowest BCUT2D eigenvalue weighted by molar-refractivity contribution is 0.0698. The third-order valence-corrected chi connectivity index (χ3v) is 4.57. The van der Waals surface area contributed by atoms with E-state index in [1.807, 2.05) is 0 Å². The summed E-state index contributed by atoms with van der Waals surface area (Å²) in [6.45, 7) is 1.52. The fraction of sp³-hybridized carbons (Fsp3) is 0.0909. The summed E-state index contributed by atoms with van der Waals surface area (Å²) in [7, 11) is -4.03. The molecule has 0 unspecified atom stereocenters. The van der Waals surface area contributed by atoms with Crippen molar-refractivity contribution >= 4 is 44.9 Å². The second-order valence-electron chi connectivity index (χ2n) is 4.08. The molecule has 0 atom stereocenters. The number of aryl methyl sites for hydroxylation is 1. The van der Waals surface area contributed by atoms with Crippen molar-refractivity contribution in [3.8, 4) is 0 Å². The number of H-pyrrole nitrogens is 1. The minimum Gasteiger partial charge on any atom is -0.478 e. The number of nitrogens with zero attached hydrogens (tertiary/aromatic N) is 1. The van der Waals surface area contributed by atoms with Gasteiger partial charge in [0.1, 0.15) is 4.90 Å². The van der Waals surface area contributed by atoms with Crippen LogP contribution in [-0.4, -0.2) is 29.7 Å². The Morgan fingerprint density at radius 2 is 2.05 bits per heavy atom. The molecule has 0 fully saturated rings. The Morgan fingerprint density at radius 3 is 2.57 bits per heavy atom. The Hall–Kier alpha value is -1.77. The fourth-order valence-electron chi connectivity index (χ4n) is 1.65. The quantitative estimate of drug-likeness (QED) is 0.784. The molecule has 0 aliphatic carbocycles. The molecule has 0 aliphatic rings. The zero-order valence-corrected chi connectivity index (χ0v) is 12.8. The minimum atomic E-state index is -4.03. The van der Waals surface area contributed by atoms with Crippen LogP contribution in [0.15, 0.2) is 23.2 Å². The fourth-order valence-corrected chi connectivity index (χ4v) is 3.48. The van der Waals surface area contributed by atoms with Crippen LogP contribution in [0.5, 0.6) is 0 Å². The van der Waals surface area contributed by atoms with Crippen molar-refractivity contribution in [2.45, 2.75) is 11.8 Å². The number of halogens is 2. The number of hydrogen-bond donors (Lipinski definition) is 3. The van der Waals surface area contributed by atoms with Gasteiger partial charge in [-0.3, -0.25) is 9.82 Å². The van der Waals surface area contributed by atoms with Crippen molar-refractivity contribution in [1.82, 2.24) is 10.2 Å². The van der Waals surface area contributed by atoms with E-state index in [1.165, 1.54) is 13.0 Å². The summed E-state index contributed by atoms with van der Waals surface area (Å²) in [5, 5.41) is 15.2. The third kappa shape index (κ3) is 3.12. The van der Waals surface area contributed by atoms with E-state index >= 15 is 0 Å². The predicted octanol–water partition coefficient (Wildman–Crippen LogP) is 2.52. The summed E-state index contributed by atoms with van der Waals surface area (Å²) in [5.41, 5.74) is -0.296. The van der Waals surface area contributed by atoms with Gasteiger partial charge >= 0.3 is 5.97 Å². The first-order valence-electron chi connectivity index (χ1n) is 5.47. The van der Waals surface area contributed by atoms with Crippen LogP contribution in [0.25, 0.3) is 0 Å². The lowest BCUT2D eigenvalue weighted by atomic mass is 10.2. The van der Waals surface area contributed by atoms with Crippen LogP contribution in [0.1, 0.15) is 16.1 Å². The van der Waals surface area contributed by atoms with E-state index in [0.29, 0.717) is 5.69 Å². The summed E-state index contributed by atoms with van der Waals surface area (Å²) in [6.07, 6.45) is 1.11. The molecule has 0 bridgehead atoms. The zero-order chi connectivity index (χ0) is 15.8. The van der Waals surface area contributed by atoms with Gasteiger partial charge in [-0.2, -0.15) is 5.10 Å². The van der Waals surface area contributed by atoms with Gasteiger partial charge in [-0.25, -0.2) is 13.2 Å². The van der Waals surface area contributed by atoms with Crippen LogP contribution in [0.3, 0.4) is 0 Å². The van der Waals surface area contributed by atoms with Gasteiger partial charge in [0.2, 0.25) is 0 Å². The number of anilines is 1. The molecule has 2 aromatic rings. The average molecular weight is 350 g/mol. The van der Waals surface area contributed by atoms with Crippen LogP contribution in [0.2, 0.25) is 10.0 Å². The Bertz CT molecular complexity index is 817. The van der Waals surface area contributed by atoms with Crippen LogP contribution in [0.4, 0.5) is 5.69 Å². The minimum absolute atomic E-state index is 0.0832. The number of carbonyl (C=O) groups is 1. The number of carboxylic acids is 1. The molecule has 0 saturated heterocycles. The molecule has 0 amide bonds. The van der Waals surface area contributed by atoms with Crippen LogP contribution in [-0.2, 0) is 10.0 Å². The number of aromatic nitrogens is 2. The van der Waals surface area contributed by atoms with Gasteiger partial charge in [-0.05, 0) is 19.1 Å². The number of nitrogens with one attached hydrogen (secondary N) is 2. The Labute approximate surface area is 129 Å². The summed E-state index contributed by atoms with van der Waals surface area (Å²) in [6, 6.07) is 2.35. The van der Waals surface area contributed by atoms with E-state index < -0.39 is 16.0 Å². The first kappa shape index (κ1) is 15.6. The smallest absolute Gasteiger partial charge is 0.337 e. The number of carboxylic acid groups (broad SMARTS) is 1. The lowest BCUT2D eigenvalue weighted by Gasteiger charge is -2.12. The van der Waals surface area contributed by atoms with Crippen LogP contribution >= 0.6 is 23.2 Å². The second-order valence-corrected chi connectivity index (χ2v) is 6.57. The van der Waals surface area contributed by atoms with Crippen LogP contribution < -0.4 is 4.72 Å². The molecule has 7 nitrogen and oxygen atoms in total. The number of aromatic carboxylic acids is 1. The van der Waals surface area contributed by atoms with Gasteiger partial charge in [0.25, 0.3) is 10.0 Å². The molecule has 112 valence electrons. The van der Waals surface area contributed by atoms with Crippen molar-refractivity contribution in [3.63, 3.8) is 0 Å². The molecule has 1 aromatic carbocycles. The molecule has 0 saturated carbocycles. The highest BCUT2D eigenvalue weighted by molar-refractivity contribution is 7.92. The molecule has 21 heavy (non-hydrogen) atoms. The highest BCUT2D eigenvalue weighted by Gasteiger charge is 2.24. The largest absolute Gasteiger partial charge is 0.478 e. The van der Waals surface area contributed by atoms with Crippen LogP contribution in [0, 0.1) is 6.92 Å². The summed E-state index contributed by atoms with van der Waals surface area (Å²) >= 11 is 11.6. The Morgan fingerprint density at radius 1 is 1.38 bits per heavy atom. The lowest BCUT2D eigenvalue weighted by Crippen LogP contribution is -2.16. The maximum absolute atomic E-state index is 12.2. The zero-order valence-electron chi connectivity index (χ0n) is 10.5. The van der Waals surface area contributed by atoms with Gasteiger partial charge in [0, 0.05) is 5.02 Å². The highest BCUT2D eigenvalue weighted by Crippen LogP contribution is 2.32. The Kier molecular flexibility index (Phi) is 4.13. The predicted molar refractivity (Wildman–Crippen MR) is 77.6 cm³/mol. The maximum Gasteiger partial charge on any atom is 0.337 e. The van der Waals surface area contributed by atoms with Crippen molar-refractivity contribution < 1.29 is 18.3 Å². The molecule has 2 rings (SSSR count). The van der Waals surface area contributed by atoms with Gasteiger partial charge in [0.15, 0.2) is 0 Å². The van der Waals surface area contributed by atoms with Gasteiger partial charge in [0.05, 0.1) is 28.2 Å². The second kappa shape index (κ2) is 5.55. The summed E-state index contributed by atoms with van der Waals surface area (Å²) < 4.78 is 26.6. The topological polar surface area (TPSA) is 112 Å². The van der Waals surface area contributed by atoms with Crippen molar-refractivity contribution in [1.29, 1.82) is 0 Å². The van der Waals surface area contributed by atoms with E-state index in [0.717, 1.165) is 12.3 Å². The van der Waals surface area contributed by atoms with Gasteiger partial charge < -0.3 is 5.11 Å². The Balaban J connectivity index is 2.54. The molecule has 10 heteroatoms. The average Bonchev–Trinajstić information content (AvgIpc) is 2.79. The highest BCUT2D eigenvalue weighted by atomic mass is 35.5. The molecule has 1 heterocycles. The normalized spacial score (nSPS) is 11.4. The summed E-state index contributed by atoms with van der Waals surface area (Å²) in [4.78, 5) is 11.1. The third-order valence-electron chi connectivity index (χ3n) is 2.60. The van der Waals surface area contributed by atoms with E-state index in [4.69, 9.17) is 28.3 Å². The number of benzene rings is 1. The van der Waals surface area contributed by atoms with Crippen molar-refractivity contribution in [3.05, 3.63) is 39.6 Å². The molecule has 0 spiro atoms. The van der Waals surface area contributed by atoms with E-state index in [2.05, 4.69) is 14.9 Å². The molecule has 3 N–H and O–H groups in total. The molecular weight excluding hydrogens is 341 g/mol. The molecule has 0 aliphatic heterocycles. The first-order valence-corrected chi connectivity index (χ1v) is 7.71. The maximum atomic E-state index is 12.2. The van der Waals surface area contributed by atoms with Gasteiger partial charge in [-0.15, -0.1) is 0 Å². The van der Waals surface area contributed by atoms with Crippen molar-refractivity contribution in [2.24, 2.45) is 0 Å². The molecule has 1 aromatic heterocycles. The van der Waals surface area contributed by atoms with Gasteiger partial charge in [-0.1, -0.05) is 23.2 Å². The number of rotatable bonds is 4. The summed E-state index contributed by atoms with van der Waals surface area (Å²) in [5.74, 6) is -1.36.